The molecule has 118 valence electrons. The highest BCUT2D eigenvalue weighted by atomic mass is 16.3. The Kier molecular flexibility index (Phi) is 7.45. The standard InChI is InChI=1S/C21H28O/c1-6-11-16(3)14-21(22)18(5)17(4)15-19(7-2)20-12-9-8-10-13-20/h8-10,12-15,22H,4,6-7,11H2,1-3,5H3/b16-14+,19-15+,21-18+. The molecular weight excluding hydrogens is 268 g/mol. The third-order valence-electron chi connectivity index (χ3n) is 3.77. The van der Waals surface area contributed by atoms with E-state index in [9.17, 15) is 5.11 Å². The van der Waals surface area contributed by atoms with Crippen molar-refractivity contribution >= 4 is 5.57 Å². The van der Waals surface area contributed by atoms with E-state index >= 15 is 0 Å². The van der Waals surface area contributed by atoms with E-state index in [0.717, 1.165) is 30.4 Å². The fraction of sp³-hybridized carbons (Fsp3) is 0.333. The van der Waals surface area contributed by atoms with Gasteiger partial charge in [0.25, 0.3) is 0 Å². The maximum Gasteiger partial charge on any atom is 0.119 e. The molecule has 0 unspecified atom stereocenters. The lowest BCUT2D eigenvalue weighted by atomic mass is 9.98. The third kappa shape index (κ3) is 5.40. The van der Waals surface area contributed by atoms with E-state index < -0.39 is 0 Å². The zero-order chi connectivity index (χ0) is 16.5. The molecule has 0 radical (unpaired) electrons. The van der Waals surface area contributed by atoms with Crippen LogP contribution in [0.2, 0.25) is 0 Å². The lowest BCUT2D eigenvalue weighted by Gasteiger charge is -2.09. The van der Waals surface area contributed by atoms with Crippen LogP contribution in [0, 0.1) is 0 Å². The molecule has 1 heteroatoms. The lowest BCUT2D eigenvalue weighted by molar-refractivity contribution is 0.426. The number of rotatable bonds is 7. The van der Waals surface area contributed by atoms with Crippen LogP contribution in [-0.2, 0) is 0 Å². The van der Waals surface area contributed by atoms with Crippen molar-refractivity contribution in [3.63, 3.8) is 0 Å². The molecule has 1 aromatic rings. The molecule has 0 aromatic heterocycles. The average Bonchev–Trinajstić information content (AvgIpc) is 2.52. The van der Waals surface area contributed by atoms with Gasteiger partial charge < -0.3 is 5.11 Å². The average molecular weight is 296 g/mol. The van der Waals surface area contributed by atoms with Gasteiger partial charge in [0, 0.05) is 0 Å². The van der Waals surface area contributed by atoms with Crippen LogP contribution in [0.15, 0.2) is 71.5 Å². The Morgan fingerprint density at radius 2 is 1.73 bits per heavy atom. The van der Waals surface area contributed by atoms with Gasteiger partial charge in [-0.2, -0.15) is 0 Å². The Labute approximate surface area is 135 Å². The van der Waals surface area contributed by atoms with Gasteiger partial charge in [-0.15, -0.1) is 0 Å². The van der Waals surface area contributed by atoms with Crippen molar-refractivity contribution in [2.24, 2.45) is 0 Å². The summed E-state index contributed by atoms with van der Waals surface area (Å²) in [7, 11) is 0. The van der Waals surface area contributed by atoms with Crippen molar-refractivity contribution in [1.82, 2.24) is 0 Å². The molecule has 0 atom stereocenters. The van der Waals surface area contributed by atoms with Crippen molar-refractivity contribution < 1.29 is 5.11 Å². The molecule has 0 spiro atoms. The molecule has 0 heterocycles. The summed E-state index contributed by atoms with van der Waals surface area (Å²) in [6.07, 6.45) is 6.95. The second-order valence-corrected chi connectivity index (χ2v) is 5.67. The van der Waals surface area contributed by atoms with Crippen molar-refractivity contribution in [1.29, 1.82) is 0 Å². The van der Waals surface area contributed by atoms with Crippen molar-refractivity contribution in [3.8, 4) is 0 Å². The van der Waals surface area contributed by atoms with Gasteiger partial charge in [-0.05, 0) is 55.0 Å². The van der Waals surface area contributed by atoms with Gasteiger partial charge >= 0.3 is 0 Å². The molecular formula is C21H28O. The van der Waals surface area contributed by atoms with Crippen LogP contribution in [0.1, 0.15) is 52.5 Å². The zero-order valence-electron chi connectivity index (χ0n) is 14.3. The second-order valence-electron chi connectivity index (χ2n) is 5.67. The van der Waals surface area contributed by atoms with Gasteiger partial charge in [0.2, 0.25) is 0 Å². The highest BCUT2D eigenvalue weighted by Crippen LogP contribution is 2.23. The second kappa shape index (κ2) is 9.09. The zero-order valence-corrected chi connectivity index (χ0v) is 14.3. The van der Waals surface area contributed by atoms with Crippen LogP contribution in [0.4, 0.5) is 0 Å². The summed E-state index contributed by atoms with van der Waals surface area (Å²) in [6.45, 7) is 12.4. The lowest BCUT2D eigenvalue weighted by Crippen LogP contribution is -1.91. The number of aliphatic hydroxyl groups excluding tert-OH is 1. The molecule has 1 nitrogen and oxygen atoms in total. The maximum atomic E-state index is 10.3. The van der Waals surface area contributed by atoms with Crippen LogP contribution in [0.25, 0.3) is 5.57 Å². The molecule has 0 bridgehead atoms. The van der Waals surface area contributed by atoms with Crippen molar-refractivity contribution in [3.05, 3.63) is 77.1 Å². The monoisotopic (exact) mass is 296 g/mol. The Morgan fingerprint density at radius 3 is 2.27 bits per heavy atom. The molecule has 1 rings (SSSR count). The van der Waals surface area contributed by atoms with E-state index in [4.69, 9.17) is 0 Å². The Hall–Kier alpha value is -2.02. The predicted octanol–water partition coefficient (Wildman–Crippen LogP) is 6.61. The first kappa shape index (κ1) is 18.0. The van der Waals surface area contributed by atoms with Gasteiger partial charge in [0.1, 0.15) is 5.76 Å². The van der Waals surface area contributed by atoms with Gasteiger partial charge in [0.15, 0.2) is 0 Å². The molecule has 0 amide bonds. The van der Waals surface area contributed by atoms with Crippen LogP contribution >= 0.6 is 0 Å². The molecule has 1 N–H and O–H groups in total. The Bertz CT molecular complexity index is 586. The highest BCUT2D eigenvalue weighted by molar-refractivity contribution is 5.69. The molecule has 22 heavy (non-hydrogen) atoms. The van der Waals surface area contributed by atoms with Gasteiger partial charge in [-0.25, -0.2) is 0 Å². The van der Waals surface area contributed by atoms with Gasteiger partial charge in [-0.3, -0.25) is 0 Å². The van der Waals surface area contributed by atoms with E-state index in [1.807, 2.05) is 38.1 Å². The fourth-order valence-electron chi connectivity index (χ4n) is 2.33. The largest absolute Gasteiger partial charge is 0.508 e. The van der Waals surface area contributed by atoms with Crippen LogP contribution in [-0.4, -0.2) is 5.11 Å². The number of aliphatic hydroxyl groups is 1. The minimum Gasteiger partial charge on any atom is -0.508 e. The van der Waals surface area contributed by atoms with E-state index in [1.165, 1.54) is 16.7 Å². The fourth-order valence-corrected chi connectivity index (χ4v) is 2.33. The van der Waals surface area contributed by atoms with E-state index in [2.05, 4.69) is 38.6 Å². The minimum atomic E-state index is 0.315. The molecule has 0 aliphatic heterocycles. The quantitative estimate of drug-likeness (QED) is 0.443. The first-order valence-electron chi connectivity index (χ1n) is 8.01. The molecule has 0 aliphatic carbocycles. The summed E-state index contributed by atoms with van der Waals surface area (Å²) in [4.78, 5) is 0. The maximum absolute atomic E-state index is 10.3. The predicted molar refractivity (Wildman–Crippen MR) is 97.8 cm³/mol. The van der Waals surface area contributed by atoms with E-state index in [1.54, 1.807) is 0 Å². The van der Waals surface area contributed by atoms with Gasteiger partial charge in [0.05, 0.1) is 0 Å². The topological polar surface area (TPSA) is 20.2 Å². The number of benzene rings is 1. The molecule has 1 aromatic carbocycles. The summed E-state index contributed by atoms with van der Waals surface area (Å²) in [5.41, 5.74) is 5.31. The molecule has 0 fully saturated rings. The molecule has 0 saturated heterocycles. The van der Waals surface area contributed by atoms with Crippen molar-refractivity contribution in [2.45, 2.75) is 47.0 Å². The smallest absolute Gasteiger partial charge is 0.119 e. The summed E-state index contributed by atoms with van der Waals surface area (Å²) in [6, 6.07) is 10.3. The SMILES string of the molecule is C=C(/C=C(\CC)c1ccccc1)/C(C)=C(O)\C=C(/C)CCC. The van der Waals surface area contributed by atoms with E-state index in [0.29, 0.717) is 5.76 Å². The first-order chi connectivity index (χ1) is 10.5. The summed E-state index contributed by atoms with van der Waals surface area (Å²) >= 11 is 0. The Balaban J connectivity index is 3.03. The first-order valence-corrected chi connectivity index (χ1v) is 8.01. The number of hydrogen-bond donors (Lipinski definition) is 1. The van der Waals surface area contributed by atoms with Gasteiger partial charge in [-0.1, -0.05) is 68.8 Å². The number of allylic oxidation sites excluding steroid dienone is 6. The summed E-state index contributed by atoms with van der Waals surface area (Å²) in [5, 5.41) is 10.3. The highest BCUT2D eigenvalue weighted by Gasteiger charge is 2.04. The third-order valence-corrected chi connectivity index (χ3v) is 3.77. The summed E-state index contributed by atoms with van der Waals surface area (Å²) in [5.74, 6) is 0.315. The molecule has 0 saturated carbocycles. The van der Waals surface area contributed by atoms with Crippen molar-refractivity contribution in [2.75, 3.05) is 0 Å². The van der Waals surface area contributed by atoms with Crippen LogP contribution < -0.4 is 0 Å². The minimum absolute atomic E-state index is 0.315. The molecule has 0 aliphatic rings. The normalized spacial score (nSPS) is 13.8. The van der Waals surface area contributed by atoms with Crippen LogP contribution in [0.5, 0.6) is 0 Å². The van der Waals surface area contributed by atoms with Crippen LogP contribution in [0.3, 0.4) is 0 Å². The van der Waals surface area contributed by atoms with E-state index in [-0.39, 0.29) is 0 Å². The number of hydrogen-bond acceptors (Lipinski definition) is 1. The summed E-state index contributed by atoms with van der Waals surface area (Å²) < 4.78 is 0. The Morgan fingerprint density at radius 1 is 1.09 bits per heavy atom.